The van der Waals surface area contributed by atoms with Gasteiger partial charge in [0.2, 0.25) is 0 Å². The zero-order valence-electron chi connectivity index (χ0n) is 82.6. The van der Waals surface area contributed by atoms with Crippen molar-refractivity contribution in [3.63, 3.8) is 0 Å². The monoisotopic (exact) mass is 1620 g/mol. The molecule has 1 aliphatic heterocycles. The van der Waals surface area contributed by atoms with Gasteiger partial charge >= 0.3 is 0 Å². The fourth-order valence-corrected chi connectivity index (χ4v) is 25.7. The van der Waals surface area contributed by atoms with Crippen molar-refractivity contribution in [2.75, 3.05) is 13.2 Å². The molecule has 0 aromatic heterocycles. The predicted octanol–water partition coefficient (Wildman–Crippen LogP) is 33.3. The third kappa shape index (κ3) is 35.2. The molecule has 4 nitrogen and oxygen atoms in total. The maximum atomic E-state index is 13.1. The van der Waals surface area contributed by atoms with Crippen LogP contribution in [0.1, 0.15) is 476 Å². The summed E-state index contributed by atoms with van der Waals surface area (Å²) < 4.78 is 31.3. The molecule has 0 aromatic rings. The van der Waals surface area contributed by atoms with Crippen LogP contribution >= 0.6 is 0 Å². The Morgan fingerprint density at radius 3 is 0.878 bits per heavy atom. The van der Waals surface area contributed by atoms with Gasteiger partial charge in [0, 0.05) is 13.2 Å². The maximum absolute atomic E-state index is 13.1. The summed E-state index contributed by atoms with van der Waals surface area (Å²) in [4.78, 5) is 0. The number of hydrogen-bond acceptors (Lipinski definition) is 4. The lowest BCUT2D eigenvalue weighted by Gasteiger charge is -2.64. The Labute approximate surface area is 719 Å². The zero-order chi connectivity index (χ0) is 85.8. The van der Waals surface area contributed by atoms with E-state index in [2.05, 4.69) is 180 Å². The van der Waals surface area contributed by atoms with Gasteiger partial charge in [0.15, 0.2) is 0 Å². The van der Waals surface area contributed by atoms with Crippen molar-refractivity contribution in [2.45, 2.75) is 506 Å². The lowest BCUT2D eigenvalue weighted by Crippen LogP contribution is -2.54. The highest BCUT2D eigenvalue weighted by Crippen LogP contribution is 2.68. The van der Waals surface area contributed by atoms with E-state index in [0.29, 0.717) is 47.3 Å². The molecule has 0 aromatic carbocycles. The second-order valence-corrected chi connectivity index (χ2v) is 48.5. The molecule has 682 valence electrons. The minimum atomic E-state index is -0.506. The molecule has 18 fully saturated rings. The molecular formula is C109H208F2O4. The molecule has 0 spiro atoms. The van der Waals surface area contributed by atoms with Crippen LogP contribution in [0.25, 0.3) is 0 Å². The lowest BCUT2D eigenvalue weighted by molar-refractivity contribution is -0.141. The third-order valence-corrected chi connectivity index (χ3v) is 35.6. The average Bonchev–Trinajstić information content (AvgIpc) is 1.52. The quantitative estimate of drug-likeness (QED) is 0.182. The number of hydrogen-bond donors (Lipinski definition) is 3. The summed E-state index contributed by atoms with van der Waals surface area (Å²) in [7, 11) is 0. The van der Waals surface area contributed by atoms with E-state index in [1.165, 1.54) is 167 Å². The van der Waals surface area contributed by atoms with Crippen LogP contribution in [-0.4, -0.2) is 58.7 Å². The molecule has 11 atom stereocenters. The normalized spacial score (nSPS) is 38.0. The molecule has 1 heterocycles. The van der Waals surface area contributed by atoms with Crippen molar-refractivity contribution in [2.24, 2.45) is 176 Å². The molecule has 0 radical (unpaired) electrons. The van der Waals surface area contributed by atoms with E-state index in [-0.39, 0.29) is 17.8 Å². The number of aliphatic hydroxyl groups is 3. The van der Waals surface area contributed by atoms with Gasteiger partial charge in [0.1, 0.15) is 12.3 Å². The zero-order valence-corrected chi connectivity index (χ0v) is 82.6. The van der Waals surface area contributed by atoms with Gasteiger partial charge in [0.05, 0.1) is 17.8 Å². The third-order valence-electron chi connectivity index (χ3n) is 35.6. The Hall–Kier alpha value is -0.300. The SMILES string of the molecule is CC(C)C12CC(C1)C2.CC(C)C12CC3CC(CC(C3)C1)C2.CC(C)C12CCC(C)(CC1)C2.CC(C)C1CCC(C)(O)CC1.CC(C)C1CCC1.CC(C)C1CCCC1F.CC(C)C1CCCC1O.CC(C)C1CCCCC1.CC(C)C1CCCCC1F.CC(C)C1CCCCC1O.CC(C)C1CCCOC1.CC1CCC(C(C)C)C1. The molecule has 18 rings (SSSR count). The van der Waals surface area contributed by atoms with E-state index < -0.39 is 12.3 Å². The van der Waals surface area contributed by atoms with E-state index in [9.17, 15) is 24.1 Å². The second-order valence-electron chi connectivity index (χ2n) is 48.5. The number of ether oxygens (including phenoxy) is 1. The highest BCUT2D eigenvalue weighted by Gasteiger charge is 2.58. The van der Waals surface area contributed by atoms with Crippen LogP contribution in [0.15, 0.2) is 0 Å². The summed E-state index contributed by atoms with van der Waals surface area (Å²) in [6.45, 7) is 63.8. The maximum Gasteiger partial charge on any atom is 0.103 e. The van der Waals surface area contributed by atoms with Gasteiger partial charge < -0.3 is 20.1 Å². The smallest absolute Gasteiger partial charge is 0.103 e. The molecular weight excluding hydrogens is 1410 g/mol. The van der Waals surface area contributed by atoms with Gasteiger partial charge in [-0.25, -0.2) is 8.78 Å². The van der Waals surface area contributed by atoms with Crippen molar-refractivity contribution in [3.05, 3.63) is 0 Å². The first-order chi connectivity index (χ1) is 54.0. The molecule has 8 bridgehead atoms. The lowest BCUT2D eigenvalue weighted by atomic mass is 9.41. The Morgan fingerprint density at radius 2 is 0.626 bits per heavy atom. The van der Waals surface area contributed by atoms with E-state index in [4.69, 9.17) is 4.74 Å². The topological polar surface area (TPSA) is 69.9 Å². The molecule has 11 unspecified atom stereocenters. The minimum absolute atomic E-state index is 0.00463. The summed E-state index contributed by atoms with van der Waals surface area (Å²) in [5, 5.41) is 28.6. The number of rotatable bonds is 12. The summed E-state index contributed by atoms with van der Waals surface area (Å²) >= 11 is 0. The standard InChI is InChI=1S/C13H22.C11H20.C10H20O.C9H17F.C9H18O.2C9H18.C8H15F.2C8H16O.C8H14.C7H14/c1-9(2)13-6-10-3-11(7-13)5-12(4-10)8-13;1-9(2)11-6-4-10(3,8-11)5-7-11;1-8(2)9-4-6-10(3,11)7-5-9;2*1-7(2)8-5-3-4-6-9(8)10;1-7(2)9-5-4-8(3)6-9;1-8(2)9-6-4-3-5-7-9;1-6(2)7-4-3-5-8(7)9;1-7(2)8-4-3-5-9-6-8;1-6(2)7-4-3-5-8(7)9;1-6(2)8-3-7(4-8)5-8;1-6(2)7-4-3-5-7/h9-12H,3-8H2,1-2H3;9H,4-8H2,1-3H3;8-9,11H,4-7H2,1-3H3;7-9H,3-6H2,1-2H3;7-10H,3-6H2,1-2H3;7-9H,4-6H2,1-3H3;8-9H,3-7H2,1-2H3;6-8H,3-5H2,1-2H3;7-8H,3-6H2,1-2H3;6-9H,3-5H2,1-2H3;6-7H,3-5H2,1-2H3;6-7H,3-5H2,1-2H3. The fourth-order valence-electron chi connectivity index (χ4n) is 25.7. The number of fused-ring (bicyclic) bond motifs is 2. The minimum Gasteiger partial charge on any atom is -0.393 e. The molecule has 17 aliphatic carbocycles. The van der Waals surface area contributed by atoms with Crippen molar-refractivity contribution in [1.29, 1.82) is 0 Å². The molecule has 0 amide bonds. The number of aliphatic hydroxyl groups excluding tert-OH is 2. The van der Waals surface area contributed by atoms with Crippen LogP contribution < -0.4 is 0 Å². The average molecular weight is 1620 g/mol. The predicted molar refractivity (Wildman–Crippen MR) is 499 cm³/mol. The van der Waals surface area contributed by atoms with Crippen LogP contribution in [-0.2, 0) is 4.74 Å². The van der Waals surface area contributed by atoms with E-state index in [1.54, 1.807) is 57.8 Å². The summed E-state index contributed by atoms with van der Waals surface area (Å²) in [5.74, 6) is 22.0. The van der Waals surface area contributed by atoms with Gasteiger partial charge in [-0.2, -0.15) is 0 Å². The fraction of sp³-hybridized carbons (Fsp3) is 1.00. The Kier molecular flexibility index (Phi) is 47.0. The first-order valence-corrected chi connectivity index (χ1v) is 51.9. The van der Waals surface area contributed by atoms with Crippen LogP contribution in [0.3, 0.4) is 0 Å². The highest BCUT2D eigenvalue weighted by molar-refractivity contribution is 5.08. The summed E-state index contributed by atoms with van der Waals surface area (Å²) in [5.41, 5.74) is 2.84. The van der Waals surface area contributed by atoms with E-state index in [1.807, 2.05) is 6.92 Å². The molecule has 17 saturated carbocycles. The van der Waals surface area contributed by atoms with Crippen molar-refractivity contribution in [3.8, 4) is 0 Å². The largest absolute Gasteiger partial charge is 0.393 e. The summed E-state index contributed by atoms with van der Waals surface area (Å²) in [6.07, 6.45) is 59.8. The van der Waals surface area contributed by atoms with Crippen LogP contribution in [0.2, 0.25) is 0 Å². The van der Waals surface area contributed by atoms with Gasteiger partial charge in [-0.1, -0.05) is 276 Å². The molecule has 3 N–H and O–H groups in total. The number of alkyl halides is 2. The van der Waals surface area contributed by atoms with Crippen molar-refractivity contribution >= 4 is 0 Å². The summed E-state index contributed by atoms with van der Waals surface area (Å²) in [6, 6.07) is 0. The van der Waals surface area contributed by atoms with Gasteiger partial charge in [-0.05, 0) is 375 Å². The van der Waals surface area contributed by atoms with Gasteiger partial charge in [-0.3, -0.25) is 0 Å². The van der Waals surface area contributed by atoms with Crippen LogP contribution in [0.4, 0.5) is 8.78 Å². The first-order valence-electron chi connectivity index (χ1n) is 51.9. The van der Waals surface area contributed by atoms with Crippen molar-refractivity contribution < 1.29 is 28.8 Å². The molecule has 18 aliphatic rings. The second kappa shape index (κ2) is 51.4. The van der Waals surface area contributed by atoms with Crippen molar-refractivity contribution in [1.82, 2.24) is 0 Å². The van der Waals surface area contributed by atoms with Gasteiger partial charge in [-0.15, -0.1) is 0 Å². The van der Waals surface area contributed by atoms with Gasteiger partial charge in [0.25, 0.3) is 0 Å². The Morgan fingerprint density at radius 1 is 0.296 bits per heavy atom. The van der Waals surface area contributed by atoms with Crippen LogP contribution in [0.5, 0.6) is 0 Å². The molecule has 1 saturated heterocycles. The Balaban J connectivity index is 0.000000225. The number of halogens is 2. The highest BCUT2D eigenvalue weighted by atomic mass is 19.1. The van der Waals surface area contributed by atoms with E-state index >= 15 is 0 Å². The molecule has 6 heteroatoms. The van der Waals surface area contributed by atoms with Crippen LogP contribution in [0, 0.1) is 176 Å². The first kappa shape index (κ1) is 105. The van der Waals surface area contributed by atoms with E-state index in [0.717, 1.165) is 206 Å². The Bertz CT molecular complexity index is 2320. The molecule has 115 heavy (non-hydrogen) atoms.